The highest BCUT2D eigenvalue weighted by molar-refractivity contribution is 7.18. The van der Waals surface area contributed by atoms with E-state index < -0.39 is 5.82 Å². The molecule has 0 bridgehead atoms. The van der Waals surface area contributed by atoms with Gasteiger partial charge in [-0.25, -0.2) is 9.37 Å². The molecule has 0 radical (unpaired) electrons. The number of fused-ring (bicyclic) bond motifs is 1. The molecule has 0 saturated carbocycles. The molecule has 0 aliphatic heterocycles. The van der Waals surface area contributed by atoms with Crippen LogP contribution in [0.4, 0.5) is 4.39 Å². The van der Waals surface area contributed by atoms with Crippen molar-refractivity contribution in [1.29, 1.82) is 0 Å². The maximum atomic E-state index is 13.8. The molecule has 108 valence electrons. The van der Waals surface area contributed by atoms with Crippen molar-refractivity contribution in [3.8, 4) is 5.75 Å². The first-order valence-electron chi connectivity index (χ1n) is 6.70. The van der Waals surface area contributed by atoms with Gasteiger partial charge in [0.25, 0.3) is 0 Å². The number of nitrogens with zero attached hydrogens (tertiary/aromatic N) is 1. The fourth-order valence-electron chi connectivity index (χ4n) is 2.21. The normalized spacial score (nSPS) is 12.7. The van der Waals surface area contributed by atoms with Crippen LogP contribution in [-0.4, -0.2) is 10.1 Å². The number of nitrogens with one attached hydrogen (secondary N) is 1. The monoisotopic (exact) mass is 302 g/mol. The first kappa shape index (κ1) is 14.0. The van der Waals surface area contributed by atoms with E-state index in [2.05, 4.69) is 10.3 Å². The lowest BCUT2D eigenvalue weighted by atomic mass is 10.1. The molecule has 3 aromatic rings. The summed E-state index contributed by atoms with van der Waals surface area (Å²) < 4.78 is 14.9. The molecule has 2 aromatic carbocycles. The van der Waals surface area contributed by atoms with Gasteiger partial charge in [-0.2, -0.15) is 0 Å². The van der Waals surface area contributed by atoms with E-state index in [4.69, 9.17) is 0 Å². The van der Waals surface area contributed by atoms with Crippen molar-refractivity contribution in [2.45, 2.75) is 19.5 Å². The largest absolute Gasteiger partial charge is 0.508 e. The van der Waals surface area contributed by atoms with Gasteiger partial charge in [0.05, 0.1) is 10.2 Å². The molecule has 0 aliphatic carbocycles. The molecule has 0 spiro atoms. The maximum Gasteiger partial charge on any atom is 0.131 e. The van der Waals surface area contributed by atoms with Crippen molar-refractivity contribution >= 4 is 21.6 Å². The summed E-state index contributed by atoms with van der Waals surface area (Å²) in [5.74, 6) is -0.464. The van der Waals surface area contributed by atoms with Crippen LogP contribution in [0.1, 0.15) is 23.5 Å². The minimum Gasteiger partial charge on any atom is -0.508 e. The Labute approximate surface area is 126 Å². The lowest BCUT2D eigenvalue weighted by Gasteiger charge is -2.14. The van der Waals surface area contributed by atoms with E-state index in [0.717, 1.165) is 21.3 Å². The number of rotatable bonds is 4. The second kappa shape index (κ2) is 5.79. The highest BCUT2D eigenvalue weighted by Crippen LogP contribution is 2.24. The standard InChI is InChI=1S/C16H15FN2OS/c1-10(12-7-6-11(20)8-13(12)17)18-9-16-19-14-4-2-3-5-15(14)21-16/h2-8,10,18,20H,9H2,1H3. The molecule has 2 N–H and O–H groups in total. The number of phenolic OH excluding ortho intramolecular Hbond substituents is 1. The van der Waals surface area contributed by atoms with Crippen molar-refractivity contribution in [3.63, 3.8) is 0 Å². The maximum absolute atomic E-state index is 13.8. The average Bonchev–Trinajstić information content (AvgIpc) is 2.87. The quantitative estimate of drug-likeness (QED) is 0.766. The predicted octanol–water partition coefficient (Wildman–Crippen LogP) is 3.99. The number of phenols is 1. The van der Waals surface area contributed by atoms with E-state index in [1.54, 1.807) is 17.4 Å². The Hall–Kier alpha value is -1.98. The first-order valence-corrected chi connectivity index (χ1v) is 7.51. The highest BCUT2D eigenvalue weighted by atomic mass is 32.1. The fraction of sp³-hybridized carbons (Fsp3) is 0.188. The Kier molecular flexibility index (Phi) is 3.86. The Morgan fingerprint density at radius 3 is 2.86 bits per heavy atom. The van der Waals surface area contributed by atoms with Crippen LogP contribution in [0, 0.1) is 5.82 Å². The Bertz CT molecular complexity index is 739. The van der Waals surface area contributed by atoms with Gasteiger partial charge in [-0.1, -0.05) is 18.2 Å². The highest BCUT2D eigenvalue weighted by Gasteiger charge is 2.12. The molecule has 0 fully saturated rings. The summed E-state index contributed by atoms with van der Waals surface area (Å²) >= 11 is 1.63. The summed E-state index contributed by atoms with van der Waals surface area (Å²) in [6, 6.07) is 12.1. The fourth-order valence-corrected chi connectivity index (χ4v) is 3.13. The van der Waals surface area contributed by atoms with Crippen LogP contribution in [0.25, 0.3) is 10.2 Å². The van der Waals surface area contributed by atoms with E-state index in [9.17, 15) is 9.50 Å². The van der Waals surface area contributed by atoms with E-state index >= 15 is 0 Å². The third-order valence-electron chi connectivity index (χ3n) is 3.35. The molecule has 1 heterocycles. The first-order chi connectivity index (χ1) is 10.1. The van der Waals surface area contributed by atoms with Crippen LogP contribution in [0.15, 0.2) is 42.5 Å². The van der Waals surface area contributed by atoms with Crippen LogP contribution >= 0.6 is 11.3 Å². The van der Waals surface area contributed by atoms with Crippen molar-refractivity contribution in [2.75, 3.05) is 0 Å². The van der Waals surface area contributed by atoms with Crippen molar-refractivity contribution < 1.29 is 9.50 Å². The summed E-state index contributed by atoms with van der Waals surface area (Å²) in [4.78, 5) is 4.54. The van der Waals surface area contributed by atoms with Crippen LogP contribution in [0.2, 0.25) is 0 Å². The van der Waals surface area contributed by atoms with Gasteiger partial charge in [-0.3, -0.25) is 0 Å². The lowest BCUT2D eigenvalue weighted by Crippen LogP contribution is -2.19. The zero-order chi connectivity index (χ0) is 14.8. The van der Waals surface area contributed by atoms with Crippen molar-refractivity contribution in [3.05, 3.63) is 58.9 Å². The third kappa shape index (κ3) is 3.04. The van der Waals surface area contributed by atoms with E-state index in [1.807, 2.05) is 31.2 Å². The Morgan fingerprint density at radius 2 is 2.10 bits per heavy atom. The summed E-state index contributed by atoms with van der Waals surface area (Å²) in [6.45, 7) is 2.48. The van der Waals surface area contributed by atoms with Crippen LogP contribution in [0.5, 0.6) is 5.75 Å². The van der Waals surface area contributed by atoms with Gasteiger partial charge in [0.2, 0.25) is 0 Å². The van der Waals surface area contributed by atoms with Gasteiger partial charge < -0.3 is 10.4 Å². The molecule has 3 rings (SSSR count). The summed E-state index contributed by atoms with van der Waals surface area (Å²) in [6.07, 6.45) is 0. The minimum atomic E-state index is -0.403. The average molecular weight is 302 g/mol. The molecule has 1 atom stereocenters. The van der Waals surface area contributed by atoms with Gasteiger partial charge in [0.15, 0.2) is 0 Å². The van der Waals surface area contributed by atoms with Crippen LogP contribution in [0.3, 0.4) is 0 Å². The SMILES string of the molecule is CC(NCc1nc2ccccc2s1)c1ccc(O)cc1F. The summed E-state index contributed by atoms with van der Waals surface area (Å²) in [7, 11) is 0. The number of para-hydroxylation sites is 1. The zero-order valence-electron chi connectivity index (χ0n) is 11.5. The number of thiazole rings is 1. The number of hydrogen-bond acceptors (Lipinski definition) is 4. The van der Waals surface area contributed by atoms with Gasteiger partial charge in [-0.15, -0.1) is 11.3 Å². The molecule has 5 heteroatoms. The van der Waals surface area contributed by atoms with E-state index in [0.29, 0.717) is 12.1 Å². The molecule has 3 nitrogen and oxygen atoms in total. The number of hydrogen-bond donors (Lipinski definition) is 2. The van der Waals surface area contributed by atoms with Gasteiger partial charge >= 0.3 is 0 Å². The summed E-state index contributed by atoms with van der Waals surface area (Å²) in [5, 5.41) is 13.5. The minimum absolute atomic E-state index is 0.0605. The van der Waals surface area contributed by atoms with Gasteiger partial charge in [0.1, 0.15) is 16.6 Å². The second-order valence-corrected chi connectivity index (χ2v) is 6.00. The van der Waals surface area contributed by atoms with Crippen LogP contribution in [-0.2, 0) is 6.54 Å². The molecule has 0 amide bonds. The molecular weight excluding hydrogens is 287 g/mol. The van der Waals surface area contributed by atoms with E-state index in [-0.39, 0.29) is 11.8 Å². The second-order valence-electron chi connectivity index (χ2n) is 4.88. The molecule has 0 aliphatic rings. The summed E-state index contributed by atoms with van der Waals surface area (Å²) in [5.41, 5.74) is 1.52. The molecule has 21 heavy (non-hydrogen) atoms. The lowest BCUT2D eigenvalue weighted by molar-refractivity contribution is 0.463. The Morgan fingerprint density at radius 1 is 1.29 bits per heavy atom. The topological polar surface area (TPSA) is 45.2 Å². The van der Waals surface area contributed by atoms with Gasteiger partial charge in [0, 0.05) is 24.2 Å². The number of aromatic hydroxyl groups is 1. The number of benzene rings is 2. The molecular formula is C16H15FN2OS. The smallest absolute Gasteiger partial charge is 0.131 e. The zero-order valence-corrected chi connectivity index (χ0v) is 12.3. The van der Waals surface area contributed by atoms with E-state index in [1.165, 1.54) is 6.07 Å². The van der Waals surface area contributed by atoms with Crippen LogP contribution < -0.4 is 5.32 Å². The van der Waals surface area contributed by atoms with Crippen molar-refractivity contribution in [1.82, 2.24) is 10.3 Å². The van der Waals surface area contributed by atoms with Crippen molar-refractivity contribution in [2.24, 2.45) is 0 Å². The molecule has 0 saturated heterocycles. The molecule has 1 aromatic heterocycles. The number of halogens is 1. The predicted molar refractivity (Wildman–Crippen MR) is 82.9 cm³/mol. The number of aromatic nitrogens is 1. The molecule has 1 unspecified atom stereocenters. The van der Waals surface area contributed by atoms with Gasteiger partial charge in [-0.05, 0) is 25.1 Å². The Balaban J connectivity index is 1.71. The third-order valence-corrected chi connectivity index (χ3v) is 4.38.